The van der Waals surface area contributed by atoms with Crippen LogP contribution in [0.2, 0.25) is 0 Å². The Labute approximate surface area is 84.6 Å². The van der Waals surface area contributed by atoms with Crippen molar-refractivity contribution in [3.05, 3.63) is 22.7 Å². The van der Waals surface area contributed by atoms with Gasteiger partial charge in [0.15, 0.2) is 0 Å². The monoisotopic (exact) mass is 207 g/mol. The van der Waals surface area contributed by atoms with Crippen LogP contribution in [0, 0.1) is 0 Å². The summed E-state index contributed by atoms with van der Waals surface area (Å²) >= 11 is 11.2. The second-order valence-electron chi connectivity index (χ2n) is 2.37. The summed E-state index contributed by atoms with van der Waals surface area (Å²) in [6.07, 6.45) is 3.63. The van der Waals surface area contributed by atoms with Gasteiger partial charge in [0.25, 0.3) is 0 Å². The highest BCUT2D eigenvalue weighted by Crippen LogP contribution is 2.04. The van der Waals surface area contributed by atoms with Gasteiger partial charge in [-0.1, -0.05) is 43.1 Å². The molecule has 0 atom stereocenters. The lowest BCUT2D eigenvalue weighted by Gasteiger charge is -2.14. The van der Waals surface area contributed by atoms with Crippen LogP contribution in [0.5, 0.6) is 0 Å². The minimum absolute atomic E-state index is 0.692. The van der Waals surface area contributed by atoms with Crippen LogP contribution in [0.3, 0.4) is 0 Å². The van der Waals surface area contributed by atoms with E-state index in [4.69, 9.17) is 23.2 Å². The minimum Gasteiger partial charge on any atom is -0.300 e. The normalized spacial score (nSPS) is 13.2. The molecular weight excluding hydrogens is 193 g/mol. The maximum absolute atomic E-state index is 5.80. The van der Waals surface area contributed by atoms with Crippen molar-refractivity contribution in [2.24, 2.45) is 0 Å². The molecule has 1 nitrogen and oxygen atoms in total. The van der Waals surface area contributed by atoms with Crippen molar-refractivity contribution >= 4 is 23.2 Å². The summed E-state index contributed by atoms with van der Waals surface area (Å²) in [5.41, 5.74) is 1.42. The molecule has 0 N–H and O–H groups in total. The average molecular weight is 208 g/mol. The van der Waals surface area contributed by atoms with Crippen molar-refractivity contribution in [3.63, 3.8) is 0 Å². The molecule has 0 fully saturated rings. The van der Waals surface area contributed by atoms with E-state index in [-0.39, 0.29) is 0 Å². The van der Waals surface area contributed by atoms with Gasteiger partial charge >= 0.3 is 0 Å². The van der Waals surface area contributed by atoms with Crippen molar-refractivity contribution in [3.8, 4) is 0 Å². The first kappa shape index (κ1) is 12.0. The van der Waals surface area contributed by atoms with Crippen molar-refractivity contribution in [2.45, 2.75) is 13.8 Å². The van der Waals surface area contributed by atoms with Crippen LogP contribution < -0.4 is 0 Å². The Balaban J connectivity index is 3.84. The summed E-state index contributed by atoms with van der Waals surface area (Å²) in [5, 5.41) is 0.692. The van der Waals surface area contributed by atoms with E-state index in [0.717, 1.165) is 19.6 Å². The third-order valence-electron chi connectivity index (χ3n) is 1.66. The highest BCUT2D eigenvalue weighted by Gasteiger charge is 1.94. The van der Waals surface area contributed by atoms with Gasteiger partial charge in [0.05, 0.1) is 0 Å². The molecule has 0 aliphatic carbocycles. The number of allylic oxidation sites excluding steroid dienone is 2. The first-order valence-electron chi connectivity index (χ1n) is 4.09. The standard InChI is InChI=1S/C9H15Cl2N/c1-3-12(4-2)8-6-9(11)5-7-10/h5-7H,3-4,8H2,1-2H3. The van der Waals surface area contributed by atoms with E-state index < -0.39 is 0 Å². The fourth-order valence-corrected chi connectivity index (χ4v) is 1.16. The van der Waals surface area contributed by atoms with Gasteiger partial charge < -0.3 is 4.90 Å². The molecular formula is C9H15Cl2N. The van der Waals surface area contributed by atoms with E-state index in [1.54, 1.807) is 6.08 Å². The highest BCUT2D eigenvalue weighted by atomic mass is 35.5. The van der Waals surface area contributed by atoms with E-state index in [9.17, 15) is 0 Å². The number of nitrogens with zero attached hydrogens (tertiary/aromatic N) is 1. The van der Waals surface area contributed by atoms with Crippen LogP contribution in [-0.4, -0.2) is 24.5 Å². The Bertz CT molecular complexity index is 160. The van der Waals surface area contributed by atoms with Crippen molar-refractivity contribution in [1.29, 1.82) is 0 Å². The molecule has 0 bridgehead atoms. The predicted octanol–water partition coefficient (Wildman–Crippen LogP) is 3.20. The zero-order chi connectivity index (χ0) is 9.40. The second-order valence-corrected chi connectivity index (χ2v) is 3.06. The fourth-order valence-electron chi connectivity index (χ4n) is 0.826. The Morgan fingerprint density at radius 1 is 1.33 bits per heavy atom. The molecule has 0 radical (unpaired) electrons. The third kappa shape index (κ3) is 5.64. The van der Waals surface area contributed by atoms with Gasteiger partial charge in [-0.25, -0.2) is 0 Å². The quantitative estimate of drug-likeness (QED) is 0.627. The average Bonchev–Trinajstić information content (AvgIpc) is 2.07. The molecule has 0 aromatic rings. The van der Waals surface area contributed by atoms with Crippen LogP contribution >= 0.6 is 23.2 Å². The summed E-state index contributed by atoms with van der Waals surface area (Å²) in [4.78, 5) is 2.27. The molecule has 70 valence electrons. The number of hydrogen-bond donors (Lipinski definition) is 0. The van der Waals surface area contributed by atoms with Gasteiger partial charge in [-0.15, -0.1) is 0 Å². The molecule has 0 amide bonds. The number of rotatable bonds is 5. The summed E-state index contributed by atoms with van der Waals surface area (Å²) in [5.74, 6) is 0. The fraction of sp³-hybridized carbons (Fsp3) is 0.556. The largest absolute Gasteiger partial charge is 0.300 e. The van der Waals surface area contributed by atoms with Crippen molar-refractivity contribution in [2.75, 3.05) is 19.6 Å². The Morgan fingerprint density at radius 3 is 2.33 bits per heavy atom. The van der Waals surface area contributed by atoms with Gasteiger partial charge in [-0.2, -0.15) is 0 Å². The predicted molar refractivity (Wildman–Crippen MR) is 56.7 cm³/mol. The van der Waals surface area contributed by atoms with Crippen LogP contribution in [-0.2, 0) is 0 Å². The lowest BCUT2D eigenvalue weighted by atomic mass is 10.4. The summed E-state index contributed by atoms with van der Waals surface area (Å²) < 4.78 is 0. The van der Waals surface area contributed by atoms with Crippen LogP contribution in [0.4, 0.5) is 0 Å². The maximum Gasteiger partial charge on any atom is 0.0387 e. The van der Waals surface area contributed by atoms with Crippen molar-refractivity contribution in [1.82, 2.24) is 4.90 Å². The minimum atomic E-state index is 0.692. The third-order valence-corrected chi connectivity index (χ3v) is 2.07. The summed E-state index contributed by atoms with van der Waals surface area (Å²) in [6.45, 7) is 7.22. The highest BCUT2D eigenvalue weighted by molar-refractivity contribution is 6.33. The molecule has 12 heavy (non-hydrogen) atoms. The molecule has 0 saturated heterocycles. The van der Waals surface area contributed by atoms with Crippen molar-refractivity contribution < 1.29 is 0 Å². The van der Waals surface area contributed by atoms with E-state index in [0.29, 0.717) is 5.03 Å². The van der Waals surface area contributed by atoms with Gasteiger partial charge in [-0.05, 0) is 19.2 Å². The number of hydrogen-bond acceptors (Lipinski definition) is 1. The van der Waals surface area contributed by atoms with Gasteiger partial charge in [0.2, 0.25) is 0 Å². The first-order valence-corrected chi connectivity index (χ1v) is 4.90. The van der Waals surface area contributed by atoms with Gasteiger partial charge in [0, 0.05) is 17.1 Å². The molecule has 0 heterocycles. The lowest BCUT2D eigenvalue weighted by molar-refractivity contribution is 0.337. The number of halogens is 2. The SMILES string of the molecule is CCN(CC)CC=C(Cl)C=CCl. The lowest BCUT2D eigenvalue weighted by Crippen LogP contribution is -2.22. The molecule has 0 aromatic carbocycles. The molecule has 0 aliphatic rings. The first-order chi connectivity index (χ1) is 5.74. The van der Waals surface area contributed by atoms with Crippen LogP contribution in [0.25, 0.3) is 0 Å². The second kappa shape index (κ2) is 7.66. The molecule has 3 heteroatoms. The zero-order valence-corrected chi connectivity index (χ0v) is 9.07. The van der Waals surface area contributed by atoms with Crippen LogP contribution in [0.15, 0.2) is 22.7 Å². The summed E-state index contributed by atoms with van der Waals surface area (Å²) in [6, 6.07) is 0. The van der Waals surface area contributed by atoms with Gasteiger partial charge in [-0.3, -0.25) is 0 Å². The van der Waals surface area contributed by atoms with E-state index in [2.05, 4.69) is 18.7 Å². The summed E-state index contributed by atoms with van der Waals surface area (Å²) in [7, 11) is 0. The maximum atomic E-state index is 5.80. The zero-order valence-electron chi connectivity index (χ0n) is 7.56. The number of likely N-dealkylation sites (N-methyl/N-ethyl adjacent to an activating group) is 1. The van der Waals surface area contributed by atoms with E-state index >= 15 is 0 Å². The Morgan fingerprint density at radius 2 is 1.92 bits per heavy atom. The Kier molecular flexibility index (Phi) is 7.67. The molecule has 0 saturated carbocycles. The molecule has 0 spiro atoms. The Hall–Kier alpha value is 0.0200. The smallest absolute Gasteiger partial charge is 0.0387 e. The molecule has 0 rings (SSSR count). The van der Waals surface area contributed by atoms with Gasteiger partial charge in [0.1, 0.15) is 0 Å². The van der Waals surface area contributed by atoms with E-state index in [1.807, 2.05) is 6.08 Å². The molecule has 0 unspecified atom stereocenters. The molecule has 0 aliphatic heterocycles. The van der Waals surface area contributed by atoms with Crippen LogP contribution in [0.1, 0.15) is 13.8 Å². The molecule has 0 aromatic heterocycles. The van der Waals surface area contributed by atoms with E-state index in [1.165, 1.54) is 5.54 Å². The topological polar surface area (TPSA) is 3.24 Å².